The van der Waals surface area contributed by atoms with Crippen molar-refractivity contribution in [3.05, 3.63) is 58.5 Å². The van der Waals surface area contributed by atoms with E-state index in [1.807, 2.05) is 24.3 Å². The molecule has 0 aliphatic rings. The molecule has 24 heavy (non-hydrogen) atoms. The smallest absolute Gasteiger partial charge is 0.323 e. The largest absolute Gasteiger partial charge is 0.372 e. The van der Waals surface area contributed by atoms with E-state index >= 15 is 0 Å². The van der Waals surface area contributed by atoms with Crippen LogP contribution in [0.15, 0.2) is 47.3 Å². The third-order valence-corrected chi connectivity index (χ3v) is 4.03. The Morgan fingerprint density at radius 3 is 2.33 bits per heavy atom. The predicted molar refractivity (Wildman–Crippen MR) is 96.9 cm³/mol. The first-order valence-corrected chi connectivity index (χ1v) is 7.99. The summed E-state index contributed by atoms with van der Waals surface area (Å²) in [4.78, 5) is 31.2. The highest BCUT2D eigenvalue weighted by Crippen LogP contribution is 2.18. The summed E-state index contributed by atoms with van der Waals surface area (Å²) >= 11 is 0. The van der Waals surface area contributed by atoms with Crippen molar-refractivity contribution in [2.24, 2.45) is 0 Å². The van der Waals surface area contributed by atoms with Crippen molar-refractivity contribution in [1.82, 2.24) is 9.97 Å². The van der Waals surface area contributed by atoms with Gasteiger partial charge >= 0.3 is 5.69 Å². The van der Waals surface area contributed by atoms with Crippen molar-refractivity contribution in [1.29, 1.82) is 0 Å². The number of anilines is 2. The second-order valence-electron chi connectivity index (χ2n) is 5.51. The Balaban J connectivity index is 1.76. The molecular formula is C18H20N4O2. The molecule has 0 aliphatic carbocycles. The quantitative estimate of drug-likeness (QED) is 0.675. The first-order chi connectivity index (χ1) is 11.6. The molecule has 0 spiro atoms. The van der Waals surface area contributed by atoms with Crippen LogP contribution in [0.5, 0.6) is 0 Å². The Morgan fingerprint density at radius 2 is 1.67 bits per heavy atom. The van der Waals surface area contributed by atoms with Crippen LogP contribution in [0.4, 0.5) is 11.4 Å². The molecule has 1 aromatic heterocycles. The molecule has 0 saturated carbocycles. The van der Waals surface area contributed by atoms with E-state index in [1.165, 1.54) is 0 Å². The van der Waals surface area contributed by atoms with Crippen LogP contribution in [-0.4, -0.2) is 29.0 Å². The molecule has 0 atom stereocenters. The number of aromatic nitrogens is 2. The second kappa shape index (κ2) is 6.62. The second-order valence-corrected chi connectivity index (χ2v) is 5.51. The molecule has 3 aromatic rings. The van der Waals surface area contributed by atoms with Gasteiger partial charge in [0.05, 0.1) is 11.0 Å². The number of nitrogens with one attached hydrogen (secondary N) is 3. The minimum absolute atomic E-state index is 0.182. The lowest BCUT2D eigenvalue weighted by atomic mass is 10.1. The van der Waals surface area contributed by atoms with Crippen molar-refractivity contribution in [2.45, 2.75) is 13.8 Å². The summed E-state index contributed by atoms with van der Waals surface area (Å²) in [6.45, 7) is 6.06. The highest BCUT2D eigenvalue weighted by atomic mass is 16.2. The molecule has 1 heterocycles. The Morgan fingerprint density at radius 1 is 1.00 bits per heavy atom. The number of rotatable bonds is 5. The SMILES string of the molecule is CCN(CC)c1ccc(C(=O)Nc2ccc3[nH]c(=O)[nH]c3c2)cc1. The Labute approximate surface area is 139 Å². The number of nitrogens with zero attached hydrogens (tertiary/aromatic N) is 1. The normalized spacial score (nSPS) is 10.8. The fraction of sp³-hybridized carbons (Fsp3) is 0.222. The van der Waals surface area contributed by atoms with Crippen LogP contribution in [0, 0.1) is 0 Å². The summed E-state index contributed by atoms with van der Waals surface area (Å²) in [7, 11) is 0. The van der Waals surface area contributed by atoms with Crippen LogP contribution in [-0.2, 0) is 0 Å². The van der Waals surface area contributed by atoms with Gasteiger partial charge in [-0.1, -0.05) is 0 Å². The van der Waals surface area contributed by atoms with Gasteiger partial charge in [0.15, 0.2) is 0 Å². The molecule has 0 fully saturated rings. The van der Waals surface area contributed by atoms with E-state index in [1.54, 1.807) is 18.2 Å². The molecule has 0 radical (unpaired) electrons. The first kappa shape index (κ1) is 15.9. The van der Waals surface area contributed by atoms with Gasteiger partial charge in [-0.2, -0.15) is 0 Å². The molecule has 124 valence electrons. The molecular weight excluding hydrogens is 304 g/mol. The number of carbonyl (C=O) groups excluding carboxylic acids is 1. The van der Waals surface area contributed by atoms with Crippen LogP contribution in [0.1, 0.15) is 24.2 Å². The van der Waals surface area contributed by atoms with Crippen LogP contribution in [0.3, 0.4) is 0 Å². The lowest BCUT2D eigenvalue weighted by Gasteiger charge is -2.21. The number of benzene rings is 2. The van der Waals surface area contributed by atoms with Gasteiger partial charge in [0.1, 0.15) is 0 Å². The number of aromatic amines is 2. The third kappa shape index (κ3) is 3.17. The number of imidazole rings is 1. The zero-order chi connectivity index (χ0) is 17.1. The maximum atomic E-state index is 12.4. The predicted octanol–water partition coefficient (Wildman–Crippen LogP) is 2.95. The van der Waals surface area contributed by atoms with Crippen molar-refractivity contribution >= 4 is 28.3 Å². The Hall–Kier alpha value is -3.02. The van der Waals surface area contributed by atoms with Gasteiger partial charge in [-0.25, -0.2) is 4.79 Å². The topological polar surface area (TPSA) is 81.0 Å². The third-order valence-electron chi connectivity index (χ3n) is 4.03. The number of hydrogen-bond donors (Lipinski definition) is 3. The van der Waals surface area contributed by atoms with E-state index in [2.05, 4.69) is 34.0 Å². The lowest BCUT2D eigenvalue weighted by molar-refractivity contribution is 0.102. The lowest BCUT2D eigenvalue weighted by Crippen LogP contribution is -2.21. The molecule has 1 amide bonds. The minimum atomic E-state index is -0.263. The van der Waals surface area contributed by atoms with Gasteiger partial charge in [0.25, 0.3) is 5.91 Å². The number of hydrogen-bond acceptors (Lipinski definition) is 3. The zero-order valence-electron chi connectivity index (χ0n) is 13.7. The summed E-state index contributed by atoms with van der Waals surface area (Å²) in [6, 6.07) is 12.8. The van der Waals surface area contributed by atoms with Gasteiger partial charge < -0.3 is 20.2 Å². The highest BCUT2D eigenvalue weighted by Gasteiger charge is 2.08. The minimum Gasteiger partial charge on any atom is -0.372 e. The van der Waals surface area contributed by atoms with E-state index < -0.39 is 0 Å². The van der Waals surface area contributed by atoms with Gasteiger partial charge in [0, 0.05) is 30.0 Å². The molecule has 0 saturated heterocycles. The highest BCUT2D eigenvalue weighted by molar-refractivity contribution is 6.05. The molecule has 0 bridgehead atoms. The maximum Gasteiger partial charge on any atom is 0.323 e. The number of amides is 1. The van der Waals surface area contributed by atoms with Crippen molar-refractivity contribution in [2.75, 3.05) is 23.3 Å². The molecule has 3 rings (SSSR count). The van der Waals surface area contributed by atoms with Gasteiger partial charge in [-0.3, -0.25) is 4.79 Å². The van der Waals surface area contributed by atoms with Crippen molar-refractivity contribution in [3.8, 4) is 0 Å². The maximum absolute atomic E-state index is 12.4. The van der Waals surface area contributed by atoms with Gasteiger partial charge in [0.2, 0.25) is 0 Å². The summed E-state index contributed by atoms with van der Waals surface area (Å²) in [5.41, 5.74) is 3.43. The average Bonchev–Trinajstić information content (AvgIpc) is 2.96. The average molecular weight is 324 g/mol. The summed E-state index contributed by atoms with van der Waals surface area (Å²) in [5.74, 6) is -0.182. The standard InChI is InChI=1S/C18H20N4O2/c1-3-22(4-2)14-8-5-12(6-9-14)17(23)19-13-7-10-15-16(11-13)21-18(24)20-15/h5-11H,3-4H2,1-2H3,(H,19,23)(H2,20,21,24). The molecule has 6 nitrogen and oxygen atoms in total. The molecule has 0 aliphatic heterocycles. The molecule has 0 unspecified atom stereocenters. The number of fused-ring (bicyclic) bond motifs is 1. The van der Waals surface area contributed by atoms with Crippen molar-refractivity contribution < 1.29 is 4.79 Å². The van der Waals surface area contributed by atoms with Crippen LogP contribution in [0.25, 0.3) is 11.0 Å². The van der Waals surface area contributed by atoms with Gasteiger partial charge in [-0.05, 0) is 56.3 Å². The van der Waals surface area contributed by atoms with Gasteiger partial charge in [-0.15, -0.1) is 0 Å². The van der Waals surface area contributed by atoms with Crippen LogP contribution >= 0.6 is 0 Å². The van der Waals surface area contributed by atoms with Crippen LogP contribution < -0.4 is 15.9 Å². The first-order valence-electron chi connectivity index (χ1n) is 7.99. The molecule has 2 aromatic carbocycles. The van der Waals surface area contributed by atoms with E-state index in [9.17, 15) is 9.59 Å². The monoisotopic (exact) mass is 324 g/mol. The fourth-order valence-corrected chi connectivity index (χ4v) is 2.73. The van der Waals surface area contributed by atoms with Crippen molar-refractivity contribution in [3.63, 3.8) is 0 Å². The van der Waals surface area contributed by atoms with E-state index in [0.29, 0.717) is 22.3 Å². The Bertz CT molecular complexity index is 905. The summed E-state index contributed by atoms with van der Waals surface area (Å²) in [6.07, 6.45) is 0. The van der Waals surface area contributed by atoms with Crippen LogP contribution in [0.2, 0.25) is 0 Å². The molecule has 6 heteroatoms. The number of H-pyrrole nitrogens is 2. The van der Waals surface area contributed by atoms with E-state index in [4.69, 9.17) is 0 Å². The summed E-state index contributed by atoms with van der Waals surface area (Å²) < 4.78 is 0. The molecule has 3 N–H and O–H groups in total. The number of carbonyl (C=O) groups is 1. The van der Waals surface area contributed by atoms with E-state index in [-0.39, 0.29) is 11.6 Å². The van der Waals surface area contributed by atoms with E-state index in [0.717, 1.165) is 18.8 Å². The summed E-state index contributed by atoms with van der Waals surface area (Å²) in [5, 5.41) is 2.85. The Kier molecular flexibility index (Phi) is 4.37. The fourth-order valence-electron chi connectivity index (χ4n) is 2.73. The zero-order valence-corrected chi connectivity index (χ0v) is 13.7.